The number of benzene rings is 1. The van der Waals surface area contributed by atoms with E-state index in [2.05, 4.69) is 10.3 Å². The molecule has 2 aromatic rings. The van der Waals surface area contributed by atoms with Crippen molar-refractivity contribution in [1.82, 2.24) is 10.3 Å². The van der Waals surface area contributed by atoms with Crippen molar-refractivity contribution >= 4 is 17.2 Å². The predicted octanol–water partition coefficient (Wildman–Crippen LogP) is 2.80. The van der Waals surface area contributed by atoms with Gasteiger partial charge in [0.2, 0.25) is 5.91 Å². The summed E-state index contributed by atoms with van der Waals surface area (Å²) in [5.41, 5.74) is 7.86. The van der Waals surface area contributed by atoms with Crippen LogP contribution in [-0.2, 0) is 11.3 Å². The first-order chi connectivity index (χ1) is 10.1. The number of thiazole rings is 1. The Hall–Kier alpha value is -1.72. The number of nitrogens with one attached hydrogen (secondary N) is 1. The summed E-state index contributed by atoms with van der Waals surface area (Å²) >= 11 is 1.58. The Balaban J connectivity index is 1.93. The molecule has 1 amide bonds. The minimum Gasteiger partial charge on any atom is -0.349 e. The SMILES string of the molecule is CCC(C)C(N)C(=O)NCc1csc(-c2ccccc2)n1. The number of carbonyl (C=O) groups excluding carboxylic acids is 1. The zero-order valence-electron chi connectivity index (χ0n) is 12.4. The molecule has 5 heteroatoms. The third kappa shape index (κ3) is 4.12. The smallest absolute Gasteiger partial charge is 0.237 e. The lowest BCUT2D eigenvalue weighted by Crippen LogP contribution is -2.44. The predicted molar refractivity (Wildman–Crippen MR) is 86.8 cm³/mol. The van der Waals surface area contributed by atoms with E-state index in [4.69, 9.17) is 5.73 Å². The fraction of sp³-hybridized carbons (Fsp3) is 0.375. The first-order valence-electron chi connectivity index (χ1n) is 7.15. The second-order valence-corrected chi connectivity index (χ2v) is 6.00. The third-order valence-electron chi connectivity index (χ3n) is 3.58. The number of nitrogens with two attached hydrogens (primary N) is 1. The number of nitrogens with zero attached hydrogens (tertiary/aromatic N) is 1. The molecule has 2 atom stereocenters. The van der Waals surface area contributed by atoms with Crippen molar-refractivity contribution in [1.29, 1.82) is 0 Å². The van der Waals surface area contributed by atoms with Crippen LogP contribution in [0.4, 0.5) is 0 Å². The summed E-state index contributed by atoms with van der Waals surface area (Å²) in [5, 5.41) is 5.79. The van der Waals surface area contributed by atoms with Gasteiger partial charge in [-0.25, -0.2) is 4.98 Å². The average molecular weight is 303 g/mol. The Kier molecular flexibility index (Phi) is 5.47. The van der Waals surface area contributed by atoms with Gasteiger partial charge in [-0.3, -0.25) is 4.79 Å². The number of hydrogen-bond donors (Lipinski definition) is 2. The molecule has 1 aromatic heterocycles. The number of aromatic nitrogens is 1. The van der Waals surface area contributed by atoms with Crippen LogP contribution in [0.25, 0.3) is 10.6 Å². The highest BCUT2D eigenvalue weighted by Gasteiger charge is 2.19. The van der Waals surface area contributed by atoms with Crippen LogP contribution in [-0.4, -0.2) is 16.9 Å². The molecule has 0 saturated carbocycles. The molecular weight excluding hydrogens is 282 g/mol. The quantitative estimate of drug-likeness (QED) is 0.862. The van der Waals surface area contributed by atoms with E-state index in [-0.39, 0.29) is 11.8 Å². The van der Waals surface area contributed by atoms with E-state index in [0.29, 0.717) is 6.54 Å². The van der Waals surface area contributed by atoms with Crippen molar-refractivity contribution in [3.63, 3.8) is 0 Å². The molecule has 0 fully saturated rings. The largest absolute Gasteiger partial charge is 0.349 e. The van der Waals surface area contributed by atoms with E-state index in [1.54, 1.807) is 11.3 Å². The molecule has 0 aliphatic heterocycles. The molecular formula is C16H21N3OS. The molecule has 0 bridgehead atoms. The summed E-state index contributed by atoms with van der Waals surface area (Å²) in [5.74, 6) is 0.0684. The average Bonchev–Trinajstić information content (AvgIpc) is 3.01. The highest BCUT2D eigenvalue weighted by Crippen LogP contribution is 2.23. The molecule has 0 aliphatic rings. The maximum Gasteiger partial charge on any atom is 0.237 e. The van der Waals surface area contributed by atoms with Crippen LogP contribution in [0, 0.1) is 5.92 Å². The van der Waals surface area contributed by atoms with Crippen molar-refractivity contribution in [3.05, 3.63) is 41.4 Å². The summed E-state index contributed by atoms with van der Waals surface area (Å²) in [6, 6.07) is 9.56. The summed E-state index contributed by atoms with van der Waals surface area (Å²) in [6.07, 6.45) is 0.892. The Morgan fingerprint density at radius 3 is 2.76 bits per heavy atom. The summed E-state index contributed by atoms with van der Waals surface area (Å²) in [7, 11) is 0. The van der Waals surface area contributed by atoms with Gasteiger partial charge >= 0.3 is 0 Å². The maximum absolute atomic E-state index is 11.9. The van der Waals surface area contributed by atoms with Crippen molar-refractivity contribution in [2.45, 2.75) is 32.9 Å². The maximum atomic E-state index is 11.9. The molecule has 0 radical (unpaired) electrons. The molecule has 2 unspecified atom stereocenters. The van der Waals surface area contributed by atoms with Gasteiger partial charge < -0.3 is 11.1 Å². The lowest BCUT2D eigenvalue weighted by molar-refractivity contribution is -0.123. The number of amides is 1. The van der Waals surface area contributed by atoms with Crippen LogP contribution in [0.1, 0.15) is 26.0 Å². The molecule has 1 heterocycles. The minimum absolute atomic E-state index is 0.112. The Morgan fingerprint density at radius 2 is 2.10 bits per heavy atom. The Morgan fingerprint density at radius 1 is 1.38 bits per heavy atom. The fourth-order valence-electron chi connectivity index (χ4n) is 1.91. The molecule has 4 nitrogen and oxygen atoms in total. The lowest BCUT2D eigenvalue weighted by Gasteiger charge is -2.17. The van der Waals surface area contributed by atoms with Crippen LogP contribution in [0.2, 0.25) is 0 Å². The first-order valence-corrected chi connectivity index (χ1v) is 8.03. The first kappa shape index (κ1) is 15.7. The summed E-state index contributed by atoms with van der Waals surface area (Å²) in [6.45, 7) is 4.44. The van der Waals surface area contributed by atoms with E-state index < -0.39 is 6.04 Å². The molecule has 21 heavy (non-hydrogen) atoms. The highest BCUT2D eigenvalue weighted by atomic mass is 32.1. The minimum atomic E-state index is -0.456. The lowest BCUT2D eigenvalue weighted by atomic mass is 9.99. The fourth-order valence-corrected chi connectivity index (χ4v) is 2.74. The van der Waals surface area contributed by atoms with Crippen LogP contribution in [0.5, 0.6) is 0 Å². The van der Waals surface area contributed by atoms with Gasteiger partial charge in [-0.2, -0.15) is 0 Å². The van der Waals surface area contributed by atoms with E-state index in [1.165, 1.54) is 0 Å². The van der Waals surface area contributed by atoms with Crippen molar-refractivity contribution in [2.75, 3.05) is 0 Å². The van der Waals surface area contributed by atoms with E-state index in [9.17, 15) is 4.79 Å². The second kappa shape index (κ2) is 7.33. The zero-order valence-corrected chi connectivity index (χ0v) is 13.2. The summed E-state index contributed by atoms with van der Waals surface area (Å²) < 4.78 is 0. The standard InChI is InChI=1S/C16H21N3OS/c1-3-11(2)14(17)15(20)18-9-13-10-21-16(19-13)12-7-5-4-6-8-12/h4-8,10-11,14H,3,9,17H2,1-2H3,(H,18,20). The molecule has 2 rings (SSSR count). The highest BCUT2D eigenvalue weighted by molar-refractivity contribution is 7.13. The molecule has 1 aromatic carbocycles. The molecule has 0 saturated heterocycles. The number of rotatable bonds is 6. The number of hydrogen-bond acceptors (Lipinski definition) is 4. The van der Waals surface area contributed by atoms with Crippen molar-refractivity contribution in [3.8, 4) is 10.6 Å². The summed E-state index contributed by atoms with van der Waals surface area (Å²) in [4.78, 5) is 16.5. The van der Waals surface area contributed by atoms with Gasteiger partial charge in [-0.05, 0) is 5.92 Å². The van der Waals surface area contributed by atoms with Gasteiger partial charge in [0.05, 0.1) is 18.3 Å². The van der Waals surface area contributed by atoms with E-state index in [0.717, 1.165) is 22.7 Å². The number of carbonyl (C=O) groups is 1. The van der Waals surface area contributed by atoms with Crippen molar-refractivity contribution < 1.29 is 4.79 Å². The van der Waals surface area contributed by atoms with Gasteiger partial charge in [0.25, 0.3) is 0 Å². The molecule has 3 N–H and O–H groups in total. The van der Waals surface area contributed by atoms with Gasteiger partial charge in [0.15, 0.2) is 0 Å². The Labute approximate surface area is 129 Å². The van der Waals surface area contributed by atoms with Crippen LogP contribution >= 0.6 is 11.3 Å². The van der Waals surface area contributed by atoms with E-state index in [1.807, 2.05) is 49.6 Å². The van der Waals surface area contributed by atoms with Crippen LogP contribution in [0.3, 0.4) is 0 Å². The van der Waals surface area contributed by atoms with E-state index >= 15 is 0 Å². The second-order valence-electron chi connectivity index (χ2n) is 5.14. The van der Waals surface area contributed by atoms with Gasteiger partial charge in [-0.1, -0.05) is 50.6 Å². The monoisotopic (exact) mass is 303 g/mol. The normalized spacial score (nSPS) is 13.7. The molecule has 0 spiro atoms. The molecule has 112 valence electrons. The molecule has 0 aliphatic carbocycles. The van der Waals surface area contributed by atoms with Crippen LogP contribution < -0.4 is 11.1 Å². The van der Waals surface area contributed by atoms with Gasteiger partial charge in [0, 0.05) is 10.9 Å². The van der Waals surface area contributed by atoms with Gasteiger partial charge in [0.1, 0.15) is 5.01 Å². The van der Waals surface area contributed by atoms with Gasteiger partial charge in [-0.15, -0.1) is 11.3 Å². The Bertz CT molecular complexity index is 582. The third-order valence-corrected chi connectivity index (χ3v) is 4.52. The zero-order chi connectivity index (χ0) is 15.2. The van der Waals surface area contributed by atoms with Crippen LogP contribution in [0.15, 0.2) is 35.7 Å². The topological polar surface area (TPSA) is 68.0 Å². The van der Waals surface area contributed by atoms with Crippen molar-refractivity contribution in [2.24, 2.45) is 11.7 Å².